The van der Waals surface area contributed by atoms with Gasteiger partial charge in [0.25, 0.3) is 0 Å². The van der Waals surface area contributed by atoms with E-state index in [1.165, 1.54) is 6.07 Å². The first kappa shape index (κ1) is 11.2. The Kier molecular flexibility index (Phi) is 4.14. The number of aliphatic imine (C=N–C) groups is 1. The number of para-hydroxylation sites is 1. The van der Waals surface area contributed by atoms with Crippen LogP contribution in [0.2, 0.25) is 0 Å². The Morgan fingerprint density at radius 2 is 2.00 bits per heavy atom. The summed E-state index contributed by atoms with van der Waals surface area (Å²) in [6.45, 7) is 4.10. The molecule has 0 fully saturated rings. The molecule has 0 spiro atoms. The molecule has 0 aromatic heterocycles. The van der Waals surface area contributed by atoms with E-state index in [0.717, 1.165) is 5.04 Å². The van der Waals surface area contributed by atoms with Crippen LogP contribution in [-0.4, -0.2) is 11.3 Å². The van der Waals surface area contributed by atoms with Gasteiger partial charge in [-0.05, 0) is 18.4 Å². The van der Waals surface area contributed by atoms with E-state index in [2.05, 4.69) is 18.8 Å². The van der Waals surface area contributed by atoms with Crippen LogP contribution in [0.15, 0.2) is 29.3 Å². The standard InChI is InChI=1S/C11H14FNS/c1-8(2)11(14-3)13-10-7-5-4-6-9(10)12/h4-8H,1-3H3. The average molecular weight is 211 g/mol. The number of hydrogen-bond acceptors (Lipinski definition) is 2. The molecule has 0 atom stereocenters. The lowest BCUT2D eigenvalue weighted by Crippen LogP contribution is -2.01. The first-order chi connectivity index (χ1) is 6.65. The van der Waals surface area contributed by atoms with Gasteiger partial charge in [0.05, 0.1) is 10.7 Å². The van der Waals surface area contributed by atoms with Crippen LogP contribution in [0.25, 0.3) is 0 Å². The van der Waals surface area contributed by atoms with E-state index >= 15 is 0 Å². The highest BCUT2D eigenvalue weighted by atomic mass is 32.2. The van der Waals surface area contributed by atoms with Crippen LogP contribution >= 0.6 is 11.8 Å². The SMILES string of the molecule is CSC(=Nc1ccccc1F)C(C)C. The Morgan fingerprint density at radius 3 is 2.50 bits per heavy atom. The number of rotatable bonds is 2. The van der Waals surface area contributed by atoms with Crippen molar-refractivity contribution in [1.82, 2.24) is 0 Å². The van der Waals surface area contributed by atoms with Crippen LogP contribution < -0.4 is 0 Å². The minimum absolute atomic E-state index is 0.264. The van der Waals surface area contributed by atoms with Crippen molar-refractivity contribution < 1.29 is 4.39 Å². The van der Waals surface area contributed by atoms with Crippen LogP contribution in [0, 0.1) is 11.7 Å². The van der Waals surface area contributed by atoms with Crippen LogP contribution in [-0.2, 0) is 0 Å². The van der Waals surface area contributed by atoms with E-state index in [1.807, 2.05) is 6.26 Å². The smallest absolute Gasteiger partial charge is 0.148 e. The summed E-state index contributed by atoms with van der Waals surface area (Å²) in [5.41, 5.74) is 0.422. The second kappa shape index (κ2) is 5.15. The van der Waals surface area contributed by atoms with Gasteiger partial charge in [0.1, 0.15) is 5.82 Å². The zero-order valence-corrected chi connectivity index (χ0v) is 9.44. The van der Waals surface area contributed by atoms with Gasteiger partial charge in [-0.1, -0.05) is 26.0 Å². The minimum atomic E-state index is -0.264. The highest BCUT2D eigenvalue weighted by Crippen LogP contribution is 2.21. The molecule has 1 rings (SSSR count). The van der Waals surface area contributed by atoms with Gasteiger partial charge < -0.3 is 0 Å². The Labute approximate surface area is 88.4 Å². The van der Waals surface area contributed by atoms with E-state index in [9.17, 15) is 4.39 Å². The van der Waals surface area contributed by atoms with E-state index < -0.39 is 0 Å². The second-order valence-electron chi connectivity index (χ2n) is 3.26. The predicted molar refractivity (Wildman–Crippen MR) is 61.8 cm³/mol. The molecule has 14 heavy (non-hydrogen) atoms. The fourth-order valence-corrected chi connectivity index (χ4v) is 1.73. The molecule has 0 saturated heterocycles. The summed E-state index contributed by atoms with van der Waals surface area (Å²) in [5, 5.41) is 0.954. The molecule has 0 aliphatic rings. The molecule has 0 aliphatic heterocycles. The van der Waals surface area contributed by atoms with Gasteiger partial charge in [-0.3, -0.25) is 0 Å². The summed E-state index contributed by atoms with van der Waals surface area (Å²) in [5.74, 6) is 0.0734. The number of benzene rings is 1. The van der Waals surface area contributed by atoms with Crippen molar-refractivity contribution in [3.8, 4) is 0 Å². The molecule has 0 unspecified atom stereocenters. The average Bonchev–Trinajstić information content (AvgIpc) is 2.16. The van der Waals surface area contributed by atoms with Crippen LogP contribution in [0.4, 0.5) is 10.1 Å². The van der Waals surface area contributed by atoms with Crippen LogP contribution in [0.3, 0.4) is 0 Å². The molecule has 0 amide bonds. The van der Waals surface area contributed by atoms with Crippen molar-refractivity contribution in [2.24, 2.45) is 10.9 Å². The molecule has 1 nitrogen and oxygen atoms in total. The fraction of sp³-hybridized carbons (Fsp3) is 0.364. The van der Waals surface area contributed by atoms with Gasteiger partial charge in [-0.25, -0.2) is 9.38 Å². The van der Waals surface area contributed by atoms with Gasteiger partial charge in [0, 0.05) is 5.92 Å². The molecule has 0 radical (unpaired) electrons. The van der Waals surface area contributed by atoms with Gasteiger partial charge in [-0.15, -0.1) is 11.8 Å². The summed E-state index contributed by atoms with van der Waals surface area (Å²) in [6, 6.07) is 6.58. The molecule has 1 aromatic carbocycles. The minimum Gasteiger partial charge on any atom is -0.243 e. The van der Waals surface area contributed by atoms with Gasteiger partial charge in [0.15, 0.2) is 0 Å². The summed E-state index contributed by atoms with van der Waals surface area (Å²) in [7, 11) is 0. The van der Waals surface area contributed by atoms with E-state index in [1.54, 1.807) is 30.0 Å². The Morgan fingerprint density at radius 1 is 1.36 bits per heavy atom. The number of nitrogens with zero attached hydrogens (tertiary/aromatic N) is 1. The molecular formula is C11H14FNS. The van der Waals surface area contributed by atoms with Crippen molar-refractivity contribution in [2.75, 3.05) is 6.26 Å². The summed E-state index contributed by atoms with van der Waals surface area (Å²) in [4.78, 5) is 4.28. The first-order valence-corrected chi connectivity index (χ1v) is 5.74. The third kappa shape index (κ3) is 2.84. The third-order valence-electron chi connectivity index (χ3n) is 1.79. The zero-order valence-electron chi connectivity index (χ0n) is 8.62. The van der Waals surface area contributed by atoms with Crippen molar-refractivity contribution in [3.05, 3.63) is 30.1 Å². The lowest BCUT2D eigenvalue weighted by atomic mass is 10.2. The highest BCUT2D eigenvalue weighted by Gasteiger charge is 2.05. The predicted octanol–water partition coefficient (Wildman–Crippen LogP) is 3.87. The van der Waals surface area contributed by atoms with Crippen molar-refractivity contribution in [2.45, 2.75) is 13.8 Å². The van der Waals surface area contributed by atoms with Gasteiger partial charge in [-0.2, -0.15) is 0 Å². The molecule has 0 aliphatic carbocycles. The summed E-state index contributed by atoms with van der Waals surface area (Å²) in [6.07, 6.45) is 1.96. The topological polar surface area (TPSA) is 12.4 Å². The number of halogens is 1. The van der Waals surface area contributed by atoms with Gasteiger partial charge >= 0.3 is 0 Å². The third-order valence-corrected chi connectivity index (χ3v) is 2.77. The quantitative estimate of drug-likeness (QED) is 0.534. The monoisotopic (exact) mass is 211 g/mol. The largest absolute Gasteiger partial charge is 0.243 e. The second-order valence-corrected chi connectivity index (χ2v) is 4.09. The van der Waals surface area contributed by atoms with Crippen molar-refractivity contribution in [1.29, 1.82) is 0 Å². The maximum absolute atomic E-state index is 13.2. The molecule has 0 bridgehead atoms. The first-order valence-electron chi connectivity index (χ1n) is 4.52. The summed E-state index contributed by atoms with van der Waals surface area (Å²) >= 11 is 1.56. The van der Waals surface area contributed by atoms with Crippen LogP contribution in [0.5, 0.6) is 0 Å². The Balaban J connectivity index is 3.00. The normalized spacial score (nSPS) is 12.2. The Hall–Kier alpha value is -0.830. The highest BCUT2D eigenvalue weighted by molar-refractivity contribution is 8.13. The molecule has 1 aromatic rings. The molecule has 3 heteroatoms. The summed E-state index contributed by atoms with van der Waals surface area (Å²) < 4.78 is 13.2. The number of thioether (sulfide) groups is 1. The lowest BCUT2D eigenvalue weighted by molar-refractivity contribution is 0.630. The van der Waals surface area contributed by atoms with E-state index in [0.29, 0.717) is 11.6 Å². The lowest BCUT2D eigenvalue weighted by Gasteiger charge is -2.06. The molecule has 0 heterocycles. The van der Waals surface area contributed by atoms with Gasteiger partial charge in [0.2, 0.25) is 0 Å². The van der Waals surface area contributed by atoms with Crippen LogP contribution in [0.1, 0.15) is 13.8 Å². The van der Waals surface area contributed by atoms with Crippen molar-refractivity contribution >= 4 is 22.5 Å². The molecular weight excluding hydrogens is 197 g/mol. The fourth-order valence-electron chi connectivity index (χ4n) is 1.07. The zero-order chi connectivity index (χ0) is 10.6. The maximum atomic E-state index is 13.2. The molecule has 0 N–H and O–H groups in total. The van der Waals surface area contributed by atoms with Crippen molar-refractivity contribution in [3.63, 3.8) is 0 Å². The van der Waals surface area contributed by atoms with E-state index in [-0.39, 0.29) is 5.82 Å². The molecule has 0 saturated carbocycles. The molecule has 76 valence electrons. The van der Waals surface area contributed by atoms with E-state index in [4.69, 9.17) is 0 Å². The maximum Gasteiger partial charge on any atom is 0.148 e. The number of hydrogen-bond donors (Lipinski definition) is 0. The Bertz CT molecular complexity index is 334.